The number of nitrogens with zero attached hydrogens (tertiary/aromatic N) is 4. The number of hydrogen-bond acceptors (Lipinski definition) is 10. The Balaban J connectivity index is 0.000000786. The first-order valence-electron chi connectivity index (χ1n) is 19.2. The normalized spacial score (nSPS) is 14.5. The number of rotatable bonds is 4. The molecule has 0 saturated carbocycles. The molecule has 0 N–H and O–H groups in total. The zero-order valence-electron chi connectivity index (χ0n) is 34.9. The van der Waals surface area contributed by atoms with E-state index < -0.39 is 43.8 Å². The summed E-state index contributed by atoms with van der Waals surface area (Å²) in [5, 5.41) is 0. The fourth-order valence-corrected chi connectivity index (χ4v) is 8.64. The van der Waals surface area contributed by atoms with Crippen LogP contribution in [-0.4, -0.2) is 53.8 Å². The number of imide groups is 2. The number of halogens is 6. The molecule has 8 rings (SSSR count). The van der Waals surface area contributed by atoms with Crippen molar-refractivity contribution in [1.82, 2.24) is 9.97 Å². The average molecular weight is 1020 g/mol. The van der Waals surface area contributed by atoms with Crippen molar-refractivity contribution >= 4 is 139 Å². The lowest BCUT2D eigenvalue weighted by molar-refractivity contribution is -0.114. The van der Waals surface area contributed by atoms with Crippen molar-refractivity contribution in [1.29, 1.82) is 0 Å². The molecule has 64 heavy (non-hydrogen) atoms. The molecule has 6 aromatic rings. The van der Waals surface area contributed by atoms with Crippen LogP contribution in [0.2, 0.25) is 0 Å². The molecule has 332 valence electrons. The van der Waals surface area contributed by atoms with Gasteiger partial charge in [0.15, 0.2) is 8.59 Å². The van der Waals surface area contributed by atoms with Crippen molar-refractivity contribution in [3.8, 4) is 41.8 Å². The van der Waals surface area contributed by atoms with Gasteiger partial charge in [0.25, 0.3) is 11.8 Å². The summed E-state index contributed by atoms with van der Waals surface area (Å²) in [4.78, 5) is 71.2. The first-order chi connectivity index (χ1) is 30.1. The maximum Gasteiger partial charge on any atom is 0.422 e. The number of benzene rings is 2. The highest BCUT2D eigenvalue weighted by Gasteiger charge is 2.47. The van der Waals surface area contributed by atoms with E-state index in [9.17, 15) is 19.2 Å². The Morgan fingerprint density at radius 1 is 0.500 bits per heavy atom. The number of alkyl halides is 6. The molecule has 0 saturated heterocycles. The number of carbonyl (C=O) groups excluding carboxylic acids is 4. The Morgan fingerprint density at radius 3 is 1.09 bits per heavy atom. The van der Waals surface area contributed by atoms with Gasteiger partial charge >= 0.3 is 12.2 Å². The molecule has 4 aromatic heterocycles. The molecule has 0 fully saturated rings. The predicted molar refractivity (Wildman–Crippen MR) is 263 cm³/mol. The monoisotopic (exact) mass is 1020 g/mol. The molecule has 0 bridgehead atoms. The lowest BCUT2D eigenvalue weighted by atomic mass is 9.95. The van der Waals surface area contributed by atoms with Gasteiger partial charge in [-0.25, -0.2) is 19.4 Å². The van der Waals surface area contributed by atoms with E-state index in [4.69, 9.17) is 79.1 Å². The van der Waals surface area contributed by atoms with Gasteiger partial charge < -0.3 is 9.47 Å². The number of ether oxygens (including phenoxy) is 2. The fourth-order valence-electron chi connectivity index (χ4n) is 6.63. The van der Waals surface area contributed by atoms with Crippen LogP contribution in [0.25, 0.3) is 52.9 Å². The Labute approximate surface area is 408 Å². The topological polar surface area (TPSA) is 119 Å². The van der Waals surface area contributed by atoms with E-state index in [0.717, 1.165) is 51.6 Å². The van der Waals surface area contributed by atoms with Gasteiger partial charge in [-0.2, -0.15) is 0 Å². The van der Waals surface area contributed by atoms with Gasteiger partial charge in [0.05, 0.1) is 22.5 Å². The quantitative estimate of drug-likeness (QED) is 0.127. The molecule has 0 unspecified atom stereocenters. The number of aromatic nitrogens is 2. The molecule has 0 atom stereocenters. The first kappa shape index (κ1) is 48.9. The maximum atomic E-state index is 14.7. The number of carbonyl (C=O) groups is 4. The second-order valence-electron chi connectivity index (χ2n) is 15.8. The van der Waals surface area contributed by atoms with Crippen LogP contribution in [0.4, 0.5) is 21.0 Å². The number of fused-ring (bicyclic) bond motifs is 2. The van der Waals surface area contributed by atoms with E-state index in [1.165, 1.54) is 0 Å². The molecule has 2 aromatic carbocycles. The summed E-state index contributed by atoms with van der Waals surface area (Å²) in [5.41, 5.74) is 2.96. The van der Waals surface area contributed by atoms with Crippen molar-refractivity contribution in [3.63, 3.8) is 0 Å². The average Bonchev–Trinajstić information content (AvgIpc) is 4.00. The van der Waals surface area contributed by atoms with E-state index in [-0.39, 0.29) is 22.5 Å². The predicted octanol–water partition coefficient (Wildman–Crippen LogP) is 14.7. The SMILES string of the molecule is CC(C)(C)OC(=O)N1C(=O)/C(=C2/C(=O)N(C(=O)OC(C)(C)C)c3cc(-c4ccc(-c5ccncc5)s4)ccc32)c2ccc(-c3ccc(-c4ccncc4)s3)cc21.ClC(Cl)Cl.ClC(Cl)Cl. The van der Waals surface area contributed by atoms with Gasteiger partial charge in [0, 0.05) is 55.4 Å². The molecule has 2 aliphatic heterocycles. The third kappa shape index (κ3) is 11.7. The molecule has 0 aliphatic carbocycles. The summed E-state index contributed by atoms with van der Waals surface area (Å²) in [6, 6.07) is 26.4. The fraction of sp³-hybridized carbons (Fsp3) is 0.217. The van der Waals surface area contributed by atoms with Gasteiger partial charge in [-0.1, -0.05) is 93.9 Å². The molecule has 6 heterocycles. The highest BCUT2D eigenvalue weighted by atomic mass is 35.6. The van der Waals surface area contributed by atoms with Gasteiger partial charge in [-0.15, -0.1) is 22.7 Å². The maximum absolute atomic E-state index is 14.7. The Kier molecular flexibility index (Phi) is 15.6. The van der Waals surface area contributed by atoms with Crippen LogP contribution < -0.4 is 9.80 Å². The second-order valence-corrected chi connectivity index (χ2v) is 21.9. The van der Waals surface area contributed by atoms with Crippen molar-refractivity contribution in [2.75, 3.05) is 9.80 Å². The Hall–Kier alpha value is -4.50. The smallest absolute Gasteiger partial charge is 0.422 e. The zero-order valence-corrected chi connectivity index (χ0v) is 41.0. The molecule has 0 spiro atoms. The van der Waals surface area contributed by atoms with Gasteiger partial charge in [0.2, 0.25) is 0 Å². The summed E-state index contributed by atoms with van der Waals surface area (Å²) in [7, 11) is 0. The van der Waals surface area contributed by atoms with Crippen molar-refractivity contribution in [3.05, 3.63) is 121 Å². The van der Waals surface area contributed by atoms with E-state index in [2.05, 4.69) is 9.97 Å². The van der Waals surface area contributed by atoms with Crippen LogP contribution in [0.1, 0.15) is 52.7 Å². The van der Waals surface area contributed by atoms with Crippen LogP contribution in [0.5, 0.6) is 0 Å². The zero-order chi connectivity index (χ0) is 46.7. The number of amides is 4. The summed E-state index contributed by atoms with van der Waals surface area (Å²) in [6.07, 6.45) is 5.18. The van der Waals surface area contributed by atoms with Crippen LogP contribution in [0.15, 0.2) is 110 Å². The number of anilines is 2. The lowest BCUT2D eigenvalue weighted by Crippen LogP contribution is -2.40. The highest BCUT2D eigenvalue weighted by molar-refractivity contribution is 7.19. The summed E-state index contributed by atoms with van der Waals surface area (Å²) < 4.78 is 9.99. The van der Waals surface area contributed by atoms with E-state index in [1.807, 2.05) is 60.7 Å². The van der Waals surface area contributed by atoms with E-state index in [1.54, 1.807) is 113 Å². The second kappa shape index (κ2) is 20.3. The number of hydrogen-bond donors (Lipinski definition) is 0. The van der Waals surface area contributed by atoms with Crippen LogP contribution >= 0.6 is 92.3 Å². The minimum atomic E-state index is -0.920. The van der Waals surface area contributed by atoms with Crippen molar-refractivity contribution in [2.24, 2.45) is 0 Å². The largest absolute Gasteiger partial charge is 0.443 e. The van der Waals surface area contributed by atoms with Gasteiger partial charge in [-0.3, -0.25) is 19.6 Å². The molecule has 4 amide bonds. The van der Waals surface area contributed by atoms with Crippen LogP contribution in [0, 0.1) is 0 Å². The highest BCUT2D eigenvalue weighted by Crippen LogP contribution is 2.50. The molecule has 2 aliphatic rings. The minimum absolute atomic E-state index is 0.0118. The first-order valence-corrected chi connectivity index (χ1v) is 23.4. The number of pyridine rings is 2. The minimum Gasteiger partial charge on any atom is -0.443 e. The molecule has 10 nitrogen and oxygen atoms in total. The molecule has 18 heteroatoms. The summed E-state index contributed by atoms with van der Waals surface area (Å²) >= 11 is 31.9. The standard InChI is InChI=1S/C44H36N4O6S2.2CHCl3/c1-43(2,3)53-41(51)47-31-23-27(35-13-11-33(55-35)25-15-19-45-20-16-25)7-9-29(31)37(39(47)49)38-30-10-8-28(36-14-12-34(56-36)26-17-21-46-22-18-26)24-32(30)48(40(38)50)42(52)54-44(4,5)6;2*2-1(3)4/h7-24H,1-6H3;2*1H/b38-37+;;. The molecular formula is C46H38Cl6N4O6S2. The number of thiophene rings is 2. The van der Waals surface area contributed by atoms with E-state index >= 15 is 0 Å². The van der Waals surface area contributed by atoms with Crippen molar-refractivity contribution < 1.29 is 28.7 Å². The lowest BCUT2D eigenvalue weighted by Gasteiger charge is -2.24. The summed E-state index contributed by atoms with van der Waals surface area (Å²) in [6.45, 7) is 10.3. The molecule has 0 radical (unpaired) electrons. The Bertz CT molecular complexity index is 2540. The molecular weight excluding hydrogens is 981 g/mol. The van der Waals surface area contributed by atoms with Crippen LogP contribution in [0.3, 0.4) is 0 Å². The van der Waals surface area contributed by atoms with Gasteiger partial charge in [-0.05, 0) is 124 Å². The third-order valence-electron chi connectivity index (χ3n) is 8.96. The summed E-state index contributed by atoms with van der Waals surface area (Å²) in [5.74, 6) is -1.47. The van der Waals surface area contributed by atoms with Crippen molar-refractivity contribution in [2.45, 2.75) is 61.3 Å². The van der Waals surface area contributed by atoms with Gasteiger partial charge in [0.1, 0.15) is 11.2 Å². The van der Waals surface area contributed by atoms with Crippen LogP contribution in [-0.2, 0) is 19.1 Å². The Morgan fingerprint density at radius 2 is 0.797 bits per heavy atom. The third-order valence-corrected chi connectivity index (χ3v) is 11.3. The van der Waals surface area contributed by atoms with E-state index in [0.29, 0.717) is 11.1 Å².